The summed E-state index contributed by atoms with van der Waals surface area (Å²) >= 11 is 1.56. The summed E-state index contributed by atoms with van der Waals surface area (Å²) in [6.45, 7) is 9.93. The molecule has 4 nitrogen and oxygen atoms in total. The van der Waals surface area contributed by atoms with Gasteiger partial charge < -0.3 is 4.90 Å². The molecule has 3 aromatic rings. The maximum Gasteiger partial charge on any atom is 0.262 e. The Morgan fingerprint density at radius 2 is 1.84 bits per heavy atom. The summed E-state index contributed by atoms with van der Waals surface area (Å²) < 4.78 is 1.87. The molecule has 0 spiro atoms. The van der Waals surface area contributed by atoms with Gasteiger partial charge in [0.05, 0.1) is 5.39 Å². The normalized spacial score (nSPS) is 11.5. The highest BCUT2D eigenvalue weighted by Crippen LogP contribution is 2.30. The minimum atomic E-state index is 0.0918. The Kier molecular flexibility index (Phi) is 5.66. The van der Waals surface area contributed by atoms with E-state index < -0.39 is 0 Å². The van der Waals surface area contributed by atoms with Gasteiger partial charge in [-0.05, 0) is 18.7 Å². The molecule has 3 rings (SSSR count). The molecule has 0 aliphatic rings. The van der Waals surface area contributed by atoms with Gasteiger partial charge in [-0.3, -0.25) is 9.36 Å². The molecule has 0 aliphatic heterocycles. The van der Waals surface area contributed by atoms with Crippen LogP contribution < -0.4 is 5.56 Å². The molecule has 2 heterocycles. The van der Waals surface area contributed by atoms with Crippen LogP contribution in [0.15, 0.2) is 40.5 Å². The number of rotatable bonds is 7. The lowest BCUT2D eigenvalue weighted by atomic mass is 10.1. The monoisotopic (exact) mass is 355 g/mol. The molecule has 2 aromatic heterocycles. The van der Waals surface area contributed by atoms with Gasteiger partial charge in [-0.25, -0.2) is 4.98 Å². The zero-order valence-electron chi connectivity index (χ0n) is 15.2. The minimum Gasteiger partial charge on any atom is -0.302 e. The Hall–Kier alpha value is -1.98. The summed E-state index contributed by atoms with van der Waals surface area (Å²) in [7, 11) is 0. The van der Waals surface area contributed by atoms with E-state index in [4.69, 9.17) is 4.98 Å². The van der Waals surface area contributed by atoms with E-state index in [-0.39, 0.29) is 5.56 Å². The molecular formula is C20H25N3OS. The van der Waals surface area contributed by atoms with Crippen molar-refractivity contribution >= 4 is 21.6 Å². The molecule has 0 saturated carbocycles. The van der Waals surface area contributed by atoms with Crippen LogP contribution in [0.2, 0.25) is 0 Å². The van der Waals surface area contributed by atoms with Gasteiger partial charge in [0.25, 0.3) is 5.56 Å². The first-order chi connectivity index (χ1) is 12.2. The van der Waals surface area contributed by atoms with Gasteiger partial charge in [0.15, 0.2) is 0 Å². The number of nitrogens with zero attached hydrogens (tertiary/aromatic N) is 3. The molecule has 0 radical (unpaired) electrons. The number of aromatic nitrogens is 2. The fraction of sp³-hybridized carbons (Fsp3) is 0.400. The van der Waals surface area contributed by atoms with Crippen molar-refractivity contribution < 1.29 is 0 Å². The molecule has 0 bridgehead atoms. The van der Waals surface area contributed by atoms with Crippen molar-refractivity contribution in [3.05, 3.63) is 51.9 Å². The van der Waals surface area contributed by atoms with Gasteiger partial charge in [0.2, 0.25) is 0 Å². The summed E-state index contributed by atoms with van der Waals surface area (Å²) in [5.41, 5.74) is 2.17. The van der Waals surface area contributed by atoms with Crippen LogP contribution in [0.5, 0.6) is 0 Å². The van der Waals surface area contributed by atoms with Gasteiger partial charge in [-0.15, -0.1) is 11.3 Å². The van der Waals surface area contributed by atoms with Crippen molar-refractivity contribution in [2.75, 3.05) is 19.6 Å². The Bertz CT molecular complexity index is 894. The van der Waals surface area contributed by atoms with E-state index in [1.165, 1.54) is 0 Å². The predicted molar refractivity (Wildman–Crippen MR) is 106 cm³/mol. The van der Waals surface area contributed by atoms with Crippen LogP contribution in [0.3, 0.4) is 0 Å². The van der Waals surface area contributed by atoms with Gasteiger partial charge in [-0.2, -0.15) is 0 Å². The standard InChI is InChI=1S/C20H25N3OS/c1-4-17-21-19-18(16(14-25-19)15-10-8-7-9-11-15)20(24)23(17)13-12-22(5-2)6-3/h7-11,14H,4-6,12-13H2,1-3H3. The number of hydrogen-bond donors (Lipinski definition) is 0. The Labute approximate surface area is 152 Å². The SMILES string of the molecule is CCc1nc2scc(-c3ccccc3)c2c(=O)n1CCN(CC)CC. The van der Waals surface area contributed by atoms with E-state index in [9.17, 15) is 4.79 Å². The number of aryl methyl sites for hydroxylation is 1. The summed E-state index contributed by atoms with van der Waals surface area (Å²) in [5.74, 6) is 0.881. The molecule has 0 fully saturated rings. The second-order valence-electron chi connectivity index (χ2n) is 6.06. The van der Waals surface area contributed by atoms with Crippen molar-refractivity contribution in [3.8, 4) is 11.1 Å². The molecule has 0 aliphatic carbocycles. The molecule has 0 unspecified atom stereocenters. The van der Waals surface area contributed by atoms with Gasteiger partial charge >= 0.3 is 0 Å². The maximum atomic E-state index is 13.3. The highest BCUT2D eigenvalue weighted by atomic mass is 32.1. The average Bonchev–Trinajstić information content (AvgIpc) is 3.08. The van der Waals surface area contributed by atoms with Crippen molar-refractivity contribution in [1.82, 2.24) is 14.5 Å². The molecular weight excluding hydrogens is 330 g/mol. The largest absolute Gasteiger partial charge is 0.302 e. The molecule has 5 heteroatoms. The van der Waals surface area contributed by atoms with E-state index in [0.29, 0.717) is 6.54 Å². The quantitative estimate of drug-likeness (QED) is 0.642. The van der Waals surface area contributed by atoms with Crippen LogP contribution in [-0.2, 0) is 13.0 Å². The number of benzene rings is 1. The second-order valence-corrected chi connectivity index (χ2v) is 6.92. The van der Waals surface area contributed by atoms with E-state index >= 15 is 0 Å². The Balaban J connectivity index is 2.10. The first-order valence-electron chi connectivity index (χ1n) is 8.98. The van der Waals surface area contributed by atoms with Crippen molar-refractivity contribution in [2.24, 2.45) is 0 Å². The molecule has 1 aromatic carbocycles. The van der Waals surface area contributed by atoms with Crippen LogP contribution in [0, 0.1) is 0 Å². The average molecular weight is 356 g/mol. The number of likely N-dealkylation sites (N-methyl/N-ethyl adjacent to an activating group) is 1. The first kappa shape index (κ1) is 17.8. The lowest BCUT2D eigenvalue weighted by Crippen LogP contribution is -2.33. The third-order valence-electron chi connectivity index (χ3n) is 4.71. The van der Waals surface area contributed by atoms with E-state index in [2.05, 4.69) is 43.2 Å². The number of thiophene rings is 1. The maximum absolute atomic E-state index is 13.3. The highest BCUT2D eigenvalue weighted by molar-refractivity contribution is 7.17. The molecule has 0 amide bonds. The smallest absolute Gasteiger partial charge is 0.262 e. The number of hydrogen-bond acceptors (Lipinski definition) is 4. The van der Waals surface area contributed by atoms with E-state index in [0.717, 1.165) is 53.2 Å². The molecule has 0 atom stereocenters. The van der Waals surface area contributed by atoms with E-state index in [1.807, 2.05) is 22.8 Å². The lowest BCUT2D eigenvalue weighted by Gasteiger charge is -2.19. The fourth-order valence-electron chi connectivity index (χ4n) is 3.18. The van der Waals surface area contributed by atoms with Crippen LogP contribution >= 0.6 is 11.3 Å². The lowest BCUT2D eigenvalue weighted by molar-refractivity contribution is 0.287. The highest BCUT2D eigenvalue weighted by Gasteiger charge is 2.16. The van der Waals surface area contributed by atoms with Crippen LogP contribution in [0.4, 0.5) is 0 Å². The summed E-state index contributed by atoms with van der Waals surface area (Å²) in [4.78, 5) is 21.2. The summed E-state index contributed by atoms with van der Waals surface area (Å²) in [5, 5.41) is 2.82. The van der Waals surface area contributed by atoms with Gasteiger partial charge in [0.1, 0.15) is 10.7 Å². The second kappa shape index (κ2) is 7.93. The molecule has 132 valence electrons. The molecule has 0 saturated heterocycles. The van der Waals surface area contributed by atoms with Crippen LogP contribution in [0.1, 0.15) is 26.6 Å². The van der Waals surface area contributed by atoms with Crippen molar-refractivity contribution in [2.45, 2.75) is 33.7 Å². The topological polar surface area (TPSA) is 38.1 Å². The summed E-state index contributed by atoms with van der Waals surface area (Å²) in [6, 6.07) is 10.1. The van der Waals surface area contributed by atoms with E-state index in [1.54, 1.807) is 11.3 Å². The summed E-state index contributed by atoms with van der Waals surface area (Å²) in [6.07, 6.45) is 0.766. The van der Waals surface area contributed by atoms with Crippen molar-refractivity contribution in [1.29, 1.82) is 0 Å². The minimum absolute atomic E-state index is 0.0918. The van der Waals surface area contributed by atoms with Gasteiger partial charge in [-0.1, -0.05) is 51.1 Å². The molecule has 0 N–H and O–H groups in total. The number of fused-ring (bicyclic) bond motifs is 1. The Morgan fingerprint density at radius 3 is 2.48 bits per heavy atom. The van der Waals surface area contributed by atoms with Crippen LogP contribution in [-0.4, -0.2) is 34.1 Å². The Morgan fingerprint density at radius 1 is 1.12 bits per heavy atom. The molecule has 25 heavy (non-hydrogen) atoms. The van der Waals surface area contributed by atoms with Crippen molar-refractivity contribution in [3.63, 3.8) is 0 Å². The predicted octanol–water partition coefficient (Wildman–Crippen LogP) is 4.03. The third-order valence-corrected chi connectivity index (χ3v) is 5.58. The van der Waals surface area contributed by atoms with Crippen LogP contribution in [0.25, 0.3) is 21.3 Å². The first-order valence-corrected chi connectivity index (χ1v) is 9.86. The zero-order valence-corrected chi connectivity index (χ0v) is 16.0. The fourth-order valence-corrected chi connectivity index (χ4v) is 4.13. The third kappa shape index (κ3) is 3.53. The van der Waals surface area contributed by atoms with Gasteiger partial charge in [0, 0.05) is 30.5 Å². The zero-order chi connectivity index (χ0) is 17.8.